The van der Waals surface area contributed by atoms with Crippen LogP contribution in [-0.2, 0) is 6.54 Å². The molecule has 1 aromatic carbocycles. The topological polar surface area (TPSA) is 56.4 Å². The molecule has 0 saturated carbocycles. The minimum atomic E-state index is 0.194. The van der Waals surface area contributed by atoms with Gasteiger partial charge in [0.1, 0.15) is 0 Å². The molecule has 98 valence electrons. The Bertz CT molecular complexity index is 413. The molecule has 1 aliphatic heterocycles. The van der Waals surface area contributed by atoms with Gasteiger partial charge in [-0.25, -0.2) is 0 Å². The van der Waals surface area contributed by atoms with Crippen LogP contribution in [0.25, 0.3) is 0 Å². The number of guanidine groups is 1. The van der Waals surface area contributed by atoms with E-state index in [1.165, 1.54) is 10.5 Å². The monoisotopic (exact) mass is 264 g/mol. The minimum Gasteiger partial charge on any atom is -0.370 e. The summed E-state index contributed by atoms with van der Waals surface area (Å²) in [6.45, 7) is 4.65. The number of nitrogens with zero attached hydrogens (tertiary/aromatic N) is 2. The van der Waals surface area contributed by atoms with Gasteiger partial charge in [0, 0.05) is 37.6 Å². The zero-order chi connectivity index (χ0) is 13.0. The van der Waals surface area contributed by atoms with E-state index in [9.17, 15) is 0 Å². The summed E-state index contributed by atoms with van der Waals surface area (Å²) >= 11 is 1.80. The first-order valence-corrected chi connectivity index (χ1v) is 7.36. The van der Waals surface area contributed by atoms with E-state index in [-0.39, 0.29) is 5.96 Å². The van der Waals surface area contributed by atoms with Crippen molar-refractivity contribution < 1.29 is 0 Å². The van der Waals surface area contributed by atoms with Gasteiger partial charge in [-0.05, 0) is 17.9 Å². The maximum atomic E-state index is 7.42. The highest BCUT2D eigenvalue weighted by Gasteiger charge is 2.18. The van der Waals surface area contributed by atoms with E-state index in [0.29, 0.717) is 0 Å². The molecular formula is C13H20N4S. The first-order valence-electron chi connectivity index (χ1n) is 6.14. The van der Waals surface area contributed by atoms with E-state index >= 15 is 0 Å². The molecule has 18 heavy (non-hydrogen) atoms. The lowest BCUT2D eigenvalue weighted by molar-refractivity contribution is 0.173. The quantitative estimate of drug-likeness (QED) is 0.492. The molecule has 1 fully saturated rings. The van der Waals surface area contributed by atoms with Gasteiger partial charge < -0.3 is 10.6 Å². The van der Waals surface area contributed by atoms with E-state index in [1.54, 1.807) is 11.8 Å². The largest absolute Gasteiger partial charge is 0.370 e. The fourth-order valence-corrected chi connectivity index (χ4v) is 2.83. The van der Waals surface area contributed by atoms with Crippen molar-refractivity contribution in [3.05, 3.63) is 29.8 Å². The molecule has 1 heterocycles. The van der Waals surface area contributed by atoms with Crippen molar-refractivity contribution in [1.29, 1.82) is 5.41 Å². The predicted molar refractivity (Wildman–Crippen MR) is 77.0 cm³/mol. The highest BCUT2D eigenvalue weighted by molar-refractivity contribution is 7.98. The van der Waals surface area contributed by atoms with Gasteiger partial charge in [-0.2, -0.15) is 0 Å². The molecule has 0 aromatic heterocycles. The lowest BCUT2D eigenvalue weighted by Gasteiger charge is -2.35. The van der Waals surface area contributed by atoms with Gasteiger partial charge in [-0.15, -0.1) is 11.8 Å². The second kappa shape index (κ2) is 6.11. The molecule has 1 aliphatic rings. The molecule has 0 bridgehead atoms. The molecule has 1 saturated heterocycles. The second-order valence-electron chi connectivity index (χ2n) is 4.46. The van der Waals surface area contributed by atoms with Crippen LogP contribution in [0.5, 0.6) is 0 Å². The van der Waals surface area contributed by atoms with Crippen molar-refractivity contribution in [2.24, 2.45) is 5.73 Å². The smallest absolute Gasteiger partial charge is 0.188 e. The van der Waals surface area contributed by atoms with Crippen molar-refractivity contribution in [1.82, 2.24) is 9.80 Å². The summed E-state index contributed by atoms with van der Waals surface area (Å²) in [5, 5.41) is 7.42. The van der Waals surface area contributed by atoms with Gasteiger partial charge in [-0.1, -0.05) is 18.2 Å². The van der Waals surface area contributed by atoms with Crippen LogP contribution >= 0.6 is 11.8 Å². The van der Waals surface area contributed by atoms with Crippen molar-refractivity contribution in [2.45, 2.75) is 11.4 Å². The molecule has 3 N–H and O–H groups in total. The Balaban J connectivity index is 1.93. The number of piperazine rings is 1. The SMILES string of the molecule is CSc1ccccc1CN1CCN(C(=N)N)CC1. The van der Waals surface area contributed by atoms with Gasteiger partial charge in [0.15, 0.2) is 5.96 Å². The summed E-state index contributed by atoms with van der Waals surface area (Å²) < 4.78 is 0. The standard InChI is InChI=1S/C13H20N4S/c1-18-12-5-3-2-4-11(12)10-16-6-8-17(9-7-16)13(14)15/h2-5H,6-10H2,1H3,(H3,14,15). The van der Waals surface area contributed by atoms with Crippen molar-refractivity contribution in [2.75, 3.05) is 32.4 Å². The summed E-state index contributed by atoms with van der Waals surface area (Å²) in [6.07, 6.45) is 2.12. The molecule has 0 atom stereocenters. The van der Waals surface area contributed by atoms with Crippen LogP contribution < -0.4 is 5.73 Å². The van der Waals surface area contributed by atoms with E-state index in [4.69, 9.17) is 11.1 Å². The van der Waals surface area contributed by atoms with Crippen molar-refractivity contribution in [3.8, 4) is 0 Å². The highest BCUT2D eigenvalue weighted by Crippen LogP contribution is 2.21. The molecule has 0 amide bonds. The third-order valence-electron chi connectivity index (χ3n) is 3.30. The Morgan fingerprint density at radius 3 is 2.56 bits per heavy atom. The number of hydrogen-bond acceptors (Lipinski definition) is 3. The zero-order valence-corrected chi connectivity index (χ0v) is 11.5. The fourth-order valence-electron chi connectivity index (χ4n) is 2.22. The van der Waals surface area contributed by atoms with Crippen LogP contribution in [0.1, 0.15) is 5.56 Å². The maximum Gasteiger partial charge on any atom is 0.188 e. The van der Waals surface area contributed by atoms with E-state index < -0.39 is 0 Å². The van der Waals surface area contributed by atoms with Crippen molar-refractivity contribution >= 4 is 17.7 Å². The van der Waals surface area contributed by atoms with Crippen LogP contribution in [0.2, 0.25) is 0 Å². The van der Waals surface area contributed by atoms with E-state index in [0.717, 1.165) is 32.7 Å². The lowest BCUT2D eigenvalue weighted by atomic mass is 10.2. The van der Waals surface area contributed by atoms with Crippen LogP contribution in [0.4, 0.5) is 0 Å². The molecule has 1 aromatic rings. The Hall–Kier alpha value is -1.20. The number of thioether (sulfide) groups is 1. The van der Waals surface area contributed by atoms with Crippen molar-refractivity contribution in [3.63, 3.8) is 0 Å². The Labute approximate surface area is 113 Å². The Kier molecular flexibility index (Phi) is 4.49. The maximum absolute atomic E-state index is 7.42. The third-order valence-corrected chi connectivity index (χ3v) is 4.14. The van der Waals surface area contributed by atoms with Crippen LogP contribution in [0.15, 0.2) is 29.2 Å². The van der Waals surface area contributed by atoms with E-state index in [2.05, 4.69) is 35.4 Å². The van der Waals surface area contributed by atoms with Crippen LogP contribution in [-0.4, -0.2) is 48.2 Å². The number of rotatable bonds is 3. The van der Waals surface area contributed by atoms with Gasteiger partial charge in [0.2, 0.25) is 0 Å². The van der Waals surface area contributed by atoms with Crippen LogP contribution in [0, 0.1) is 5.41 Å². The second-order valence-corrected chi connectivity index (χ2v) is 5.31. The molecule has 0 unspecified atom stereocenters. The number of nitrogens with one attached hydrogen (secondary N) is 1. The minimum absolute atomic E-state index is 0.194. The van der Waals surface area contributed by atoms with Gasteiger partial charge in [-0.3, -0.25) is 10.3 Å². The van der Waals surface area contributed by atoms with E-state index in [1.807, 2.05) is 4.90 Å². The first kappa shape index (κ1) is 13.2. The molecule has 2 rings (SSSR count). The van der Waals surface area contributed by atoms with Gasteiger partial charge >= 0.3 is 0 Å². The molecule has 0 radical (unpaired) electrons. The predicted octanol–water partition coefficient (Wildman–Crippen LogP) is 1.42. The summed E-state index contributed by atoms with van der Waals surface area (Å²) in [5.41, 5.74) is 6.89. The van der Waals surface area contributed by atoms with Gasteiger partial charge in [0.05, 0.1) is 0 Å². The average Bonchev–Trinajstić information content (AvgIpc) is 2.40. The van der Waals surface area contributed by atoms with Gasteiger partial charge in [0.25, 0.3) is 0 Å². The molecular weight excluding hydrogens is 244 g/mol. The lowest BCUT2D eigenvalue weighted by Crippen LogP contribution is -2.50. The fraction of sp³-hybridized carbons (Fsp3) is 0.462. The number of nitrogens with two attached hydrogens (primary N) is 1. The zero-order valence-electron chi connectivity index (χ0n) is 10.7. The Morgan fingerprint density at radius 1 is 1.28 bits per heavy atom. The summed E-state index contributed by atoms with van der Waals surface area (Å²) in [4.78, 5) is 5.71. The normalized spacial score (nSPS) is 16.8. The molecule has 4 nitrogen and oxygen atoms in total. The first-order chi connectivity index (χ1) is 8.70. The summed E-state index contributed by atoms with van der Waals surface area (Å²) in [6, 6.07) is 8.55. The highest BCUT2D eigenvalue weighted by atomic mass is 32.2. The summed E-state index contributed by atoms with van der Waals surface area (Å²) in [7, 11) is 0. The Morgan fingerprint density at radius 2 is 1.94 bits per heavy atom. The van der Waals surface area contributed by atoms with Crippen LogP contribution in [0.3, 0.4) is 0 Å². The summed E-state index contributed by atoms with van der Waals surface area (Å²) in [5.74, 6) is 0.194. The average molecular weight is 264 g/mol. The molecule has 0 spiro atoms. The molecule has 5 heteroatoms. The molecule has 0 aliphatic carbocycles. The number of benzene rings is 1. The third kappa shape index (κ3) is 3.17. The number of hydrogen-bond donors (Lipinski definition) is 2.